The molecule has 0 aliphatic carbocycles. The van der Waals surface area contributed by atoms with Crippen LogP contribution >= 0.6 is 0 Å². The van der Waals surface area contributed by atoms with Gasteiger partial charge >= 0.3 is 0 Å². The summed E-state index contributed by atoms with van der Waals surface area (Å²) < 4.78 is 1.81. The van der Waals surface area contributed by atoms with Crippen molar-refractivity contribution in [3.05, 3.63) is 96.2 Å². The van der Waals surface area contributed by atoms with Gasteiger partial charge in [-0.3, -0.25) is 14.5 Å². The highest BCUT2D eigenvalue weighted by molar-refractivity contribution is 6.08. The van der Waals surface area contributed by atoms with Gasteiger partial charge in [-0.05, 0) is 24.6 Å². The Morgan fingerprint density at radius 2 is 1.68 bits per heavy atom. The van der Waals surface area contributed by atoms with E-state index in [2.05, 4.69) is 23.3 Å². The Morgan fingerprint density at radius 1 is 0.935 bits per heavy atom. The molecule has 1 amide bonds. The van der Waals surface area contributed by atoms with Crippen molar-refractivity contribution in [2.24, 2.45) is 0 Å². The number of rotatable bonds is 5. The van der Waals surface area contributed by atoms with Crippen molar-refractivity contribution in [3.63, 3.8) is 0 Å². The lowest BCUT2D eigenvalue weighted by Gasteiger charge is -2.08. The van der Waals surface area contributed by atoms with Crippen LogP contribution in [0, 0.1) is 6.92 Å². The van der Waals surface area contributed by atoms with E-state index in [1.54, 1.807) is 4.68 Å². The molecular weight excluding hydrogens is 384 g/mol. The van der Waals surface area contributed by atoms with Gasteiger partial charge in [0, 0.05) is 29.1 Å². The van der Waals surface area contributed by atoms with Crippen LogP contribution in [0.2, 0.25) is 0 Å². The first kappa shape index (κ1) is 19.0. The SMILES string of the molecule is Cc1ccc2ncc3c(-c4ccccc4)nn(CC(=O)NCc4ccccc4)c3c2c1. The summed E-state index contributed by atoms with van der Waals surface area (Å²) in [4.78, 5) is 17.4. The predicted octanol–water partition coefficient (Wildman–Crippen LogP) is 4.88. The molecule has 31 heavy (non-hydrogen) atoms. The largest absolute Gasteiger partial charge is 0.350 e. The van der Waals surface area contributed by atoms with Crippen LogP contribution in [0.4, 0.5) is 0 Å². The van der Waals surface area contributed by atoms with Crippen molar-refractivity contribution in [1.29, 1.82) is 0 Å². The van der Waals surface area contributed by atoms with Crippen LogP contribution < -0.4 is 5.32 Å². The lowest BCUT2D eigenvalue weighted by molar-refractivity contribution is -0.121. The molecule has 0 fully saturated rings. The highest BCUT2D eigenvalue weighted by Gasteiger charge is 2.17. The standard InChI is InChI=1S/C26H22N4O/c1-18-12-13-23-21(14-18)26-22(16-27-23)25(20-10-6-3-7-11-20)29-30(26)17-24(31)28-15-19-8-4-2-5-9-19/h2-14,16H,15,17H2,1H3,(H,28,31). The molecule has 152 valence electrons. The van der Waals surface area contributed by atoms with Crippen LogP contribution in [0.3, 0.4) is 0 Å². The molecule has 3 aromatic carbocycles. The summed E-state index contributed by atoms with van der Waals surface area (Å²) in [6.07, 6.45) is 1.86. The zero-order chi connectivity index (χ0) is 21.2. The number of fused-ring (bicyclic) bond motifs is 3. The number of carbonyl (C=O) groups is 1. The van der Waals surface area contributed by atoms with Gasteiger partial charge in [-0.25, -0.2) is 0 Å². The maximum absolute atomic E-state index is 12.8. The second-order valence-corrected chi connectivity index (χ2v) is 7.68. The zero-order valence-corrected chi connectivity index (χ0v) is 17.2. The van der Waals surface area contributed by atoms with Gasteiger partial charge in [-0.1, -0.05) is 72.3 Å². The molecule has 0 saturated heterocycles. The van der Waals surface area contributed by atoms with Gasteiger partial charge in [0.15, 0.2) is 0 Å². The number of hydrogen-bond acceptors (Lipinski definition) is 3. The summed E-state index contributed by atoms with van der Waals surface area (Å²) in [6.45, 7) is 2.69. The molecule has 0 aliphatic rings. The first-order valence-electron chi connectivity index (χ1n) is 10.3. The minimum absolute atomic E-state index is 0.0783. The Bertz CT molecular complexity index is 1370. The van der Waals surface area contributed by atoms with Gasteiger partial charge in [0.2, 0.25) is 5.91 Å². The molecule has 0 unspecified atom stereocenters. The summed E-state index contributed by atoms with van der Waals surface area (Å²) in [5, 5.41) is 9.80. The monoisotopic (exact) mass is 406 g/mol. The highest BCUT2D eigenvalue weighted by atomic mass is 16.2. The molecule has 0 aliphatic heterocycles. The van der Waals surface area contributed by atoms with Crippen LogP contribution in [-0.4, -0.2) is 20.7 Å². The molecular formula is C26H22N4O. The number of pyridine rings is 1. The number of amides is 1. The van der Waals surface area contributed by atoms with E-state index in [0.29, 0.717) is 6.54 Å². The molecule has 5 aromatic rings. The second kappa shape index (κ2) is 8.03. The molecule has 5 heteroatoms. The Morgan fingerprint density at radius 3 is 2.45 bits per heavy atom. The Labute approximate surface area is 180 Å². The fourth-order valence-electron chi connectivity index (χ4n) is 3.88. The van der Waals surface area contributed by atoms with Crippen LogP contribution in [0.25, 0.3) is 33.1 Å². The van der Waals surface area contributed by atoms with Crippen LogP contribution in [0.1, 0.15) is 11.1 Å². The molecule has 5 rings (SSSR count). The third-order valence-electron chi connectivity index (χ3n) is 5.40. The average Bonchev–Trinajstić information content (AvgIpc) is 3.17. The number of aromatic nitrogens is 3. The lowest BCUT2D eigenvalue weighted by atomic mass is 10.1. The number of hydrogen-bond donors (Lipinski definition) is 1. The predicted molar refractivity (Wildman–Crippen MR) is 123 cm³/mol. The topological polar surface area (TPSA) is 59.8 Å². The summed E-state index contributed by atoms with van der Waals surface area (Å²) >= 11 is 0. The average molecular weight is 406 g/mol. The van der Waals surface area contributed by atoms with E-state index in [9.17, 15) is 4.79 Å². The van der Waals surface area contributed by atoms with Crippen molar-refractivity contribution >= 4 is 27.7 Å². The normalized spacial score (nSPS) is 11.1. The molecule has 0 atom stereocenters. The molecule has 2 heterocycles. The molecule has 2 aromatic heterocycles. The minimum atomic E-state index is -0.0783. The number of nitrogens with one attached hydrogen (secondary N) is 1. The summed E-state index contributed by atoms with van der Waals surface area (Å²) in [6, 6.07) is 26.1. The van der Waals surface area contributed by atoms with Crippen molar-refractivity contribution in [2.75, 3.05) is 0 Å². The fourth-order valence-corrected chi connectivity index (χ4v) is 3.88. The third kappa shape index (κ3) is 3.78. The van der Waals surface area contributed by atoms with E-state index >= 15 is 0 Å². The molecule has 5 nitrogen and oxygen atoms in total. The third-order valence-corrected chi connectivity index (χ3v) is 5.40. The Balaban J connectivity index is 1.57. The van der Waals surface area contributed by atoms with Crippen LogP contribution in [0.15, 0.2) is 85.1 Å². The highest BCUT2D eigenvalue weighted by Crippen LogP contribution is 2.32. The van der Waals surface area contributed by atoms with Crippen LogP contribution in [-0.2, 0) is 17.9 Å². The van der Waals surface area contributed by atoms with Crippen molar-refractivity contribution in [3.8, 4) is 11.3 Å². The van der Waals surface area contributed by atoms with Gasteiger partial charge in [-0.15, -0.1) is 0 Å². The lowest BCUT2D eigenvalue weighted by Crippen LogP contribution is -2.27. The van der Waals surface area contributed by atoms with E-state index in [4.69, 9.17) is 5.10 Å². The van der Waals surface area contributed by atoms with Crippen molar-refractivity contribution in [1.82, 2.24) is 20.1 Å². The molecule has 0 radical (unpaired) electrons. The van der Waals surface area contributed by atoms with E-state index in [-0.39, 0.29) is 12.5 Å². The van der Waals surface area contributed by atoms with E-state index in [0.717, 1.165) is 44.2 Å². The summed E-state index contributed by atoms with van der Waals surface area (Å²) in [5.41, 5.74) is 5.87. The first-order chi connectivity index (χ1) is 15.2. The zero-order valence-electron chi connectivity index (χ0n) is 17.2. The minimum Gasteiger partial charge on any atom is -0.350 e. The number of carbonyl (C=O) groups excluding carboxylic acids is 1. The molecule has 0 saturated carbocycles. The van der Waals surface area contributed by atoms with Gasteiger partial charge in [0.1, 0.15) is 12.2 Å². The Kier molecular flexibility index (Phi) is 4.92. The molecule has 1 N–H and O–H groups in total. The Hall–Kier alpha value is -3.99. The number of benzene rings is 3. The van der Waals surface area contributed by atoms with Gasteiger partial charge in [0.05, 0.1) is 11.0 Å². The van der Waals surface area contributed by atoms with E-state index in [1.165, 1.54) is 0 Å². The smallest absolute Gasteiger partial charge is 0.242 e. The van der Waals surface area contributed by atoms with Crippen molar-refractivity contribution < 1.29 is 4.79 Å². The summed E-state index contributed by atoms with van der Waals surface area (Å²) in [7, 11) is 0. The fraction of sp³-hybridized carbons (Fsp3) is 0.115. The maximum atomic E-state index is 12.8. The molecule has 0 spiro atoms. The van der Waals surface area contributed by atoms with Crippen molar-refractivity contribution in [2.45, 2.75) is 20.0 Å². The van der Waals surface area contributed by atoms with Gasteiger partial charge in [-0.2, -0.15) is 5.10 Å². The van der Waals surface area contributed by atoms with Gasteiger partial charge in [0.25, 0.3) is 0 Å². The quantitative estimate of drug-likeness (QED) is 0.453. The van der Waals surface area contributed by atoms with Crippen LogP contribution in [0.5, 0.6) is 0 Å². The second-order valence-electron chi connectivity index (χ2n) is 7.68. The summed E-state index contributed by atoms with van der Waals surface area (Å²) in [5.74, 6) is -0.0783. The maximum Gasteiger partial charge on any atom is 0.242 e. The first-order valence-corrected chi connectivity index (χ1v) is 10.3. The van der Waals surface area contributed by atoms with Gasteiger partial charge < -0.3 is 5.32 Å². The van der Waals surface area contributed by atoms with E-state index in [1.807, 2.05) is 79.0 Å². The number of nitrogens with zero attached hydrogens (tertiary/aromatic N) is 3. The number of aryl methyl sites for hydroxylation is 1. The molecule has 0 bridgehead atoms. The van der Waals surface area contributed by atoms with E-state index < -0.39 is 0 Å².